The molecule has 9 aromatic rings. The molecule has 402 valence electrons. The second-order valence-corrected chi connectivity index (χ2v) is 20.0. The fourth-order valence-electron chi connectivity index (χ4n) is 7.22. The zero-order chi connectivity index (χ0) is 56.1. The Bertz CT molecular complexity index is 4210. The van der Waals surface area contributed by atoms with Gasteiger partial charge in [0.2, 0.25) is 17.2 Å². The summed E-state index contributed by atoms with van der Waals surface area (Å²) >= 11 is 6.60. The Kier molecular flexibility index (Phi) is 17.6. The number of benzene rings is 8. The van der Waals surface area contributed by atoms with Gasteiger partial charge in [0.05, 0.1) is 31.7 Å². The number of phenols is 4. The third kappa shape index (κ3) is 13.2. The van der Waals surface area contributed by atoms with Gasteiger partial charge in [-0.15, -0.1) is 24.8 Å². The summed E-state index contributed by atoms with van der Waals surface area (Å²) < 4.78 is 61.5. The Labute approximate surface area is 463 Å². The molecule has 0 bridgehead atoms. The molecule has 79 heavy (non-hydrogen) atoms. The molecule has 1 aromatic heterocycles. The largest absolute Gasteiger partial charge is 0.506 e. The van der Waals surface area contributed by atoms with Crippen LogP contribution in [0.25, 0.3) is 32.3 Å². The van der Waals surface area contributed by atoms with E-state index in [1.165, 1.54) is 48.5 Å². The van der Waals surface area contributed by atoms with Crippen LogP contribution in [0.3, 0.4) is 0 Å². The van der Waals surface area contributed by atoms with Gasteiger partial charge in [0.15, 0.2) is 15.6 Å². The van der Waals surface area contributed by atoms with Crippen LogP contribution in [0.2, 0.25) is 5.28 Å². The van der Waals surface area contributed by atoms with Gasteiger partial charge in [-0.05, 0) is 83.0 Å². The Morgan fingerprint density at radius 1 is 0.633 bits per heavy atom. The maximum atomic E-state index is 12.0. The number of sulfone groups is 1. The SMILES string of the molecule is C=CS(=O)(=O)c1ccc(Nc2nc(Cl)nc(Nc3ccc4cc(SOOO)c(N=Nc5cc([N+](=O)[O-])ccc5O)c(O)c4c3)n2)cc1.O=[N+]([O-])c1ccc2c(N=Nc3c(O)ccc4ccccc34)c(O)cc(S(=O)(=O)O)c2c1.[Cr]. The second-order valence-electron chi connectivity index (χ2n) is 15.7. The number of nitrogens with zero attached hydrogens (tertiary/aromatic N) is 9. The summed E-state index contributed by atoms with van der Waals surface area (Å²) in [4.78, 5) is 32.7. The molecular formula is C47H32ClCrN11O16S3. The van der Waals surface area contributed by atoms with Crippen LogP contribution in [0.15, 0.2) is 175 Å². The number of nitrogens with one attached hydrogen (secondary N) is 2. The first-order valence-corrected chi connectivity index (χ1v) is 25.6. The number of hydrogen-bond acceptors (Lipinski definition) is 25. The number of aromatic nitrogens is 3. The number of phenolic OH excluding ortho intramolecular Hbond substituents is 4. The summed E-state index contributed by atoms with van der Waals surface area (Å²) in [5.74, 6) is -1.57. The molecule has 9 rings (SSSR count). The molecule has 1 heterocycles. The molecule has 0 amide bonds. The van der Waals surface area contributed by atoms with Gasteiger partial charge in [-0.2, -0.15) is 23.4 Å². The molecule has 0 saturated carbocycles. The van der Waals surface area contributed by atoms with Crippen molar-refractivity contribution in [3.63, 3.8) is 0 Å². The molecule has 0 fully saturated rings. The van der Waals surface area contributed by atoms with E-state index in [4.69, 9.17) is 16.9 Å². The van der Waals surface area contributed by atoms with Crippen molar-refractivity contribution >= 4 is 133 Å². The number of rotatable bonds is 16. The number of hydrogen-bond donors (Lipinski definition) is 8. The molecule has 0 aliphatic rings. The van der Waals surface area contributed by atoms with E-state index in [-0.39, 0.29) is 94.7 Å². The van der Waals surface area contributed by atoms with E-state index in [1.54, 1.807) is 42.5 Å². The summed E-state index contributed by atoms with van der Waals surface area (Å²) in [6.45, 7) is 3.30. The van der Waals surface area contributed by atoms with E-state index in [1.807, 2.05) is 0 Å². The van der Waals surface area contributed by atoms with Crippen molar-refractivity contribution in [2.24, 2.45) is 20.5 Å². The van der Waals surface area contributed by atoms with Crippen molar-refractivity contribution in [3.05, 3.63) is 165 Å². The quantitative estimate of drug-likeness (QED) is 0.0111. The predicted molar refractivity (Wildman–Crippen MR) is 282 cm³/mol. The molecule has 0 spiro atoms. The monoisotopic (exact) mass is 1190 g/mol. The van der Waals surface area contributed by atoms with Gasteiger partial charge in [-0.1, -0.05) is 48.0 Å². The minimum Gasteiger partial charge on any atom is -0.506 e. The normalized spacial score (nSPS) is 11.6. The van der Waals surface area contributed by atoms with E-state index >= 15 is 0 Å². The second kappa shape index (κ2) is 24.1. The van der Waals surface area contributed by atoms with E-state index < -0.39 is 57.6 Å². The van der Waals surface area contributed by atoms with Crippen LogP contribution in [0.4, 0.5) is 57.4 Å². The summed E-state index contributed by atoms with van der Waals surface area (Å²) in [6, 6.07) is 29.4. The Morgan fingerprint density at radius 2 is 1.23 bits per heavy atom. The summed E-state index contributed by atoms with van der Waals surface area (Å²) in [5, 5.41) is 101. The number of halogens is 1. The molecule has 0 aliphatic heterocycles. The Balaban J connectivity index is 0.000000245. The summed E-state index contributed by atoms with van der Waals surface area (Å²) in [7, 11) is -8.42. The first kappa shape index (κ1) is 57.7. The average molecular weight is 1190 g/mol. The summed E-state index contributed by atoms with van der Waals surface area (Å²) in [6.07, 6.45) is 0. The van der Waals surface area contributed by atoms with Gasteiger partial charge in [-0.3, -0.25) is 24.8 Å². The van der Waals surface area contributed by atoms with Crippen molar-refractivity contribution in [1.29, 1.82) is 0 Å². The maximum absolute atomic E-state index is 12.0. The van der Waals surface area contributed by atoms with Crippen LogP contribution in [0.5, 0.6) is 23.0 Å². The predicted octanol–water partition coefficient (Wildman–Crippen LogP) is 12.2. The Morgan fingerprint density at radius 3 is 1.89 bits per heavy atom. The van der Waals surface area contributed by atoms with Gasteiger partial charge in [-0.25, -0.2) is 13.7 Å². The van der Waals surface area contributed by atoms with Crippen molar-refractivity contribution < 1.29 is 83.7 Å². The third-order valence-corrected chi connectivity index (χ3v) is 13.9. The minimum atomic E-state index is -4.81. The number of nitro groups is 2. The Hall–Kier alpha value is -9.00. The molecule has 0 saturated heterocycles. The number of non-ortho nitro benzene ring substituents is 2. The van der Waals surface area contributed by atoms with Crippen LogP contribution >= 0.6 is 23.6 Å². The molecule has 0 atom stereocenters. The minimum absolute atomic E-state index is 0. The molecule has 8 N–H and O–H groups in total. The van der Waals surface area contributed by atoms with Crippen LogP contribution in [0.1, 0.15) is 0 Å². The molecule has 27 nitrogen and oxygen atoms in total. The van der Waals surface area contributed by atoms with Crippen molar-refractivity contribution in [1.82, 2.24) is 15.0 Å². The average Bonchev–Trinajstić information content (AvgIpc) is 3.46. The molecule has 0 radical (unpaired) electrons. The fraction of sp³-hybridized carbons (Fsp3) is 0. The molecule has 0 aliphatic carbocycles. The van der Waals surface area contributed by atoms with Crippen LogP contribution in [0, 0.1) is 20.2 Å². The van der Waals surface area contributed by atoms with Gasteiger partial charge in [0.1, 0.15) is 44.9 Å². The molecular weight excluding hydrogens is 1160 g/mol. The number of fused-ring (bicyclic) bond motifs is 3. The first-order valence-electron chi connectivity index (χ1n) is 21.4. The maximum Gasteiger partial charge on any atom is 0.295 e. The first-order chi connectivity index (χ1) is 37.1. The summed E-state index contributed by atoms with van der Waals surface area (Å²) in [5.41, 5.74) is -0.442. The van der Waals surface area contributed by atoms with E-state index in [2.05, 4.69) is 62.0 Å². The van der Waals surface area contributed by atoms with Gasteiger partial charge < -0.3 is 31.1 Å². The van der Waals surface area contributed by atoms with Gasteiger partial charge >= 0.3 is 0 Å². The smallest absolute Gasteiger partial charge is 0.295 e. The molecule has 0 unspecified atom stereocenters. The molecule has 8 aromatic carbocycles. The standard InChI is InChI=1S/C27H19ClN8O9S2.C20H13N3O7S.Cr/c1-2-47(42,43)18-8-5-15(6-9-18)29-26-31-25(28)32-27(33-26)30-16-4-3-14-11-22(46-45-44-41)23(24(38)19(14)12-16)35-34-20-13-17(36(39)40)7-10-21(20)37;24-16-8-5-11-3-1-2-4-13(11)19(16)21-22-20-14-7-6-12(23(26)27)9-15(14)18(10-17(20)25)31(28,29)30;/h2-13,37-38,41H,1H2,(H2,29,30,31,32,33);1-10,24-25H,(H,28,29,30);. The van der Waals surface area contributed by atoms with Crippen LogP contribution < -0.4 is 10.6 Å². The zero-order valence-electron chi connectivity index (χ0n) is 39.2. The van der Waals surface area contributed by atoms with Crippen molar-refractivity contribution in [3.8, 4) is 23.0 Å². The number of aromatic hydroxyl groups is 4. The molecule has 32 heteroatoms. The fourth-order valence-corrected chi connectivity index (χ4v) is 9.29. The van der Waals surface area contributed by atoms with Crippen molar-refractivity contribution in [2.75, 3.05) is 10.6 Å². The third-order valence-electron chi connectivity index (χ3n) is 10.8. The van der Waals surface area contributed by atoms with Gasteiger partial charge in [0.25, 0.3) is 21.5 Å². The van der Waals surface area contributed by atoms with Crippen molar-refractivity contribution in [2.45, 2.75) is 14.7 Å². The number of nitro benzene ring substituents is 2. The van der Waals surface area contributed by atoms with E-state index in [0.717, 1.165) is 47.2 Å². The topological polar surface area (TPSA) is 407 Å². The van der Waals surface area contributed by atoms with E-state index in [0.29, 0.717) is 34.2 Å². The zero-order valence-corrected chi connectivity index (χ0v) is 43.7. The number of anilines is 4. The van der Waals surface area contributed by atoms with Gasteiger partial charge in [0, 0.05) is 86.0 Å². The van der Waals surface area contributed by atoms with Crippen LogP contribution in [-0.2, 0) is 46.7 Å². The van der Waals surface area contributed by atoms with E-state index in [9.17, 15) is 62.0 Å². The number of azo groups is 2. The van der Waals surface area contributed by atoms with Crippen LogP contribution in [-0.4, -0.2) is 71.9 Å².